The monoisotopic (exact) mass is 293 g/mol. The van der Waals surface area contributed by atoms with Gasteiger partial charge in [0.05, 0.1) is 6.20 Å². The van der Waals surface area contributed by atoms with E-state index in [1.807, 2.05) is 39.0 Å². The van der Waals surface area contributed by atoms with E-state index in [4.69, 9.17) is 0 Å². The molecule has 5 nitrogen and oxygen atoms in total. The first-order valence-electron chi connectivity index (χ1n) is 6.40. The van der Waals surface area contributed by atoms with Gasteiger partial charge in [-0.05, 0) is 38.8 Å². The molecule has 0 bridgehead atoms. The molecule has 0 radical (unpaired) electrons. The normalized spacial score (nSPS) is 13.4. The molecule has 0 saturated carbocycles. The topological polar surface area (TPSA) is 74.8 Å². The number of aromatic nitrogens is 2. The summed E-state index contributed by atoms with van der Waals surface area (Å²) in [6, 6.07) is 5.67. The van der Waals surface area contributed by atoms with Crippen LogP contribution >= 0.6 is 0 Å². The lowest BCUT2D eigenvalue weighted by molar-refractivity contribution is 0.563. The van der Waals surface area contributed by atoms with Crippen molar-refractivity contribution >= 4 is 10.0 Å². The zero-order valence-electron chi connectivity index (χ0n) is 12.1. The first-order valence-corrected chi connectivity index (χ1v) is 7.89. The number of nitrogens with one attached hydrogen (secondary N) is 2. The van der Waals surface area contributed by atoms with E-state index < -0.39 is 10.0 Å². The van der Waals surface area contributed by atoms with Crippen LogP contribution in [0.2, 0.25) is 0 Å². The fourth-order valence-electron chi connectivity index (χ4n) is 2.21. The van der Waals surface area contributed by atoms with E-state index in [9.17, 15) is 8.42 Å². The summed E-state index contributed by atoms with van der Waals surface area (Å²) in [7, 11) is -3.58. The van der Waals surface area contributed by atoms with Gasteiger partial charge in [0.1, 0.15) is 5.82 Å². The third-order valence-electron chi connectivity index (χ3n) is 3.19. The van der Waals surface area contributed by atoms with E-state index in [1.165, 1.54) is 6.20 Å². The van der Waals surface area contributed by atoms with Gasteiger partial charge in [-0.25, -0.2) is 18.1 Å². The summed E-state index contributed by atoms with van der Waals surface area (Å²) in [5.41, 5.74) is 3.20. The predicted molar refractivity (Wildman–Crippen MR) is 78.0 cm³/mol. The Kier molecular flexibility index (Phi) is 3.96. The highest BCUT2D eigenvalue weighted by Gasteiger charge is 2.21. The van der Waals surface area contributed by atoms with Gasteiger partial charge < -0.3 is 4.98 Å². The van der Waals surface area contributed by atoms with Crippen molar-refractivity contribution < 1.29 is 8.42 Å². The maximum Gasteiger partial charge on any atom is 0.258 e. The van der Waals surface area contributed by atoms with Crippen molar-refractivity contribution in [3.63, 3.8) is 0 Å². The van der Waals surface area contributed by atoms with Gasteiger partial charge in [0, 0.05) is 6.04 Å². The number of hydrogen-bond acceptors (Lipinski definition) is 3. The molecule has 0 fully saturated rings. The van der Waals surface area contributed by atoms with Crippen molar-refractivity contribution in [1.82, 2.24) is 14.7 Å². The molecule has 0 saturated heterocycles. The van der Waals surface area contributed by atoms with Gasteiger partial charge in [-0.2, -0.15) is 0 Å². The van der Waals surface area contributed by atoms with Gasteiger partial charge in [-0.15, -0.1) is 0 Å². The first kappa shape index (κ1) is 14.7. The Morgan fingerprint density at radius 3 is 2.50 bits per heavy atom. The number of rotatable bonds is 4. The summed E-state index contributed by atoms with van der Waals surface area (Å²) in [4.78, 5) is 6.65. The molecule has 0 aliphatic carbocycles. The van der Waals surface area contributed by atoms with E-state index in [2.05, 4.69) is 14.7 Å². The van der Waals surface area contributed by atoms with Crippen LogP contribution in [0.25, 0.3) is 0 Å². The van der Waals surface area contributed by atoms with Gasteiger partial charge in [0.25, 0.3) is 10.0 Å². The lowest BCUT2D eigenvalue weighted by atomic mass is 10.0. The molecule has 0 amide bonds. The van der Waals surface area contributed by atoms with E-state index in [0.717, 1.165) is 16.7 Å². The van der Waals surface area contributed by atoms with Crippen LogP contribution in [0.3, 0.4) is 0 Å². The second-order valence-electron chi connectivity index (χ2n) is 5.04. The molecule has 1 aromatic carbocycles. The highest BCUT2D eigenvalue weighted by atomic mass is 32.2. The minimum atomic E-state index is -3.58. The van der Waals surface area contributed by atoms with Gasteiger partial charge in [0.15, 0.2) is 5.03 Å². The highest BCUT2D eigenvalue weighted by Crippen LogP contribution is 2.20. The van der Waals surface area contributed by atoms with Gasteiger partial charge in [-0.1, -0.05) is 23.8 Å². The Bertz CT molecular complexity index is 720. The Morgan fingerprint density at radius 2 is 1.95 bits per heavy atom. The average Bonchev–Trinajstić information content (AvgIpc) is 2.75. The number of hydrogen-bond donors (Lipinski definition) is 2. The number of imidazole rings is 1. The Morgan fingerprint density at radius 1 is 1.25 bits per heavy atom. The lowest BCUT2D eigenvalue weighted by Gasteiger charge is -2.16. The number of nitrogens with zero attached hydrogens (tertiary/aromatic N) is 1. The quantitative estimate of drug-likeness (QED) is 0.908. The highest BCUT2D eigenvalue weighted by molar-refractivity contribution is 7.89. The zero-order valence-corrected chi connectivity index (χ0v) is 12.9. The van der Waals surface area contributed by atoms with Crippen LogP contribution in [0.1, 0.15) is 35.5 Å². The Hall–Kier alpha value is -1.66. The Balaban J connectivity index is 2.25. The van der Waals surface area contributed by atoms with Crippen molar-refractivity contribution in [2.75, 3.05) is 0 Å². The van der Waals surface area contributed by atoms with Crippen molar-refractivity contribution in [3.05, 3.63) is 46.9 Å². The van der Waals surface area contributed by atoms with Gasteiger partial charge in [0.2, 0.25) is 0 Å². The zero-order chi connectivity index (χ0) is 14.9. The van der Waals surface area contributed by atoms with Gasteiger partial charge >= 0.3 is 0 Å². The van der Waals surface area contributed by atoms with Gasteiger partial charge in [-0.3, -0.25) is 0 Å². The summed E-state index contributed by atoms with van der Waals surface area (Å²) >= 11 is 0. The predicted octanol–water partition coefficient (Wildman–Crippen LogP) is 2.37. The molecule has 2 N–H and O–H groups in total. The number of H-pyrrole nitrogens is 1. The molecule has 1 unspecified atom stereocenters. The molecular weight excluding hydrogens is 274 g/mol. The summed E-state index contributed by atoms with van der Waals surface area (Å²) < 4.78 is 27.1. The molecule has 1 heterocycles. The third kappa shape index (κ3) is 3.08. The van der Waals surface area contributed by atoms with Crippen molar-refractivity contribution in [2.45, 2.75) is 38.8 Å². The standard InChI is InChI=1S/C14H19N3O2S/c1-9-5-6-13(10(2)7-9)11(3)17-20(18,19)14-8-15-12(4)16-14/h5-8,11,17H,1-4H3,(H,15,16). The SMILES string of the molecule is Cc1ccc(C(C)NS(=O)(=O)c2cnc(C)[nH]2)c(C)c1. The molecule has 2 aromatic rings. The lowest BCUT2D eigenvalue weighted by Crippen LogP contribution is -2.27. The van der Waals surface area contributed by atoms with Crippen LogP contribution < -0.4 is 4.72 Å². The molecule has 0 aliphatic heterocycles. The second-order valence-corrected chi connectivity index (χ2v) is 6.72. The maximum atomic E-state index is 12.2. The Labute approximate surface area is 119 Å². The van der Waals surface area contributed by atoms with Crippen molar-refractivity contribution in [2.24, 2.45) is 0 Å². The molecular formula is C14H19N3O2S. The second kappa shape index (κ2) is 5.38. The molecule has 108 valence electrons. The van der Waals surface area contributed by atoms with E-state index in [-0.39, 0.29) is 11.1 Å². The van der Waals surface area contributed by atoms with Crippen LogP contribution in [0.5, 0.6) is 0 Å². The molecule has 1 aromatic heterocycles. The average molecular weight is 293 g/mol. The minimum Gasteiger partial charge on any atom is -0.332 e. The fraction of sp³-hybridized carbons (Fsp3) is 0.357. The summed E-state index contributed by atoms with van der Waals surface area (Å²) in [6.45, 7) is 7.54. The maximum absolute atomic E-state index is 12.2. The fourth-order valence-corrected chi connectivity index (χ4v) is 3.40. The smallest absolute Gasteiger partial charge is 0.258 e. The molecule has 2 rings (SSSR count). The number of benzene rings is 1. The largest absolute Gasteiger partial charge is 0.332 e. The summed E-state index contributed by atoms with van der Waals surface area (Å²) in [5, 5.41) is 0.0895. The molecule has 1 atom stereocenters. The summed E-state index contributed by atoms with van der Waals surface area (Å²) in [5.74, 6) is 0.574. The van der Waals surface area contributed by atoms with Crippen LogP contribution in [0, 0.1) is 20.8 Å². The molecule has 20 heavy (non-hydrogen) atoms. The van der Waals surface area contributed by atoms with E-state index in [0.29, 0.717) is 5.82 Å². The van der Waals surface area contributed by atoms with E-state index in [1.54, 1.807) is 6.92 Å². The molecule has 6 heteroatoms. The van der Waals surface area contributed by atoms with Crippen molar-refractivity contribution in [3.8, 4) is 0 Å². The third-order valence-corrected chi connectivity index (χ3v) is 4.64. The molecule has 0 aliphatic rings. The van der Waals surface area contributed by atoms with Crippen LogP contribution in [0.4, 0.5) is 0 Å². The summed E-state index contributed by atoms with van der Waals surface area (Å²) in [6.07, 6.45) is 1.33. The minimum absolute atomic E-state index is 0.0895. The first-order chi connectivity index (χ1) is 9.29. The van der Waals surface area contributed by atoms with Crippen molar-refractivity contribution in [1.29, 1.82) is 0 Å². The van der Waals surface area contributed by atoms with E-state index >= 15 is 0 Å². The molecule has 0 spiro atoms. The van der Waals surface area contributed by atoms with Crippen LogP contribution in [0.15, 0.2) is 29.4 Å². The van der Waals surface area contributed by atoms with Crippen LogP contribution in [-0.2, 0) is 10.0 Å². The number of sulfonamides is 1. The van der Waals surface area contributed by atoms with Crippen LogP contribution in [-0.4, -0.2) is 18.4 Å². The number of aryl methyl sites for hydroxylation is 3. The number of aromatic amines is 1.